The molecule has 23 heavy (non-hydrogen) atoms. The van der Waals surface area contributed by atoms with E-state index in [0.717, 1.165) is 5.56 Å². The van der Waals surface area contributed by atoms with Gasteiger partial charge in [-0.3, -0.25) is 0 Å². The van der Waals surface area contributed by atoms with Gasteiger partial charge in [0.05, 0.1) is 19.8 Å². The summed E-state index contributed by atoms with van der Waals surface area (Å²) in [7, 11) is 2.99. The highest BCUT2D eigenvalue weighted by molar-refractivity contribution is 5.89. The van der Waals surface area contributed by atoms with Crippen LogP contribution in [0.2, 0.25) is 0 Å². The van der Waals surface area contributed by atoms with E-state index in [1.807, 2.05) is 6.07 Å². The van der Waals surface area contributed by atoms with Gasteiger partial charge in [0, 0.05) is 17.8 Å². The van der Waals surface area contributed by atoms with Crippen molar-refractivity contribution in [1.82, 2.24) is 4.98 Å². The molecule has 0 bridgehead atoms. The molecule has 1 aromatic carbocycles. The highest BCUT2D eigenvalue weighted by Crippen LogP contribution is 2.44. The standard InChI is InChI=1S/C16H15NO6/c1-20-11-5-10(16(18)19)6-12-15(11)23-13(8-22-12)9-3-4-14(21-2)17-7-9/h3-7,13H,8H2,1-2H3,(H,18,19). The molecule has 7 heteroatoms. The number of pyridine rings is 1. The van der Waals surface area contributed by atoms with Gasteiger partial charge in [0.25, 0.3) is 0 Å². The summed E-state index contributed by atoms with van der Waals surface area (Å²) in [6.45, 7) is 0.243. The highest BCUT2D eigenvalue weighted by atomic mass is 16.6. The molecule has 7 nitrogen and oxygen atoms in total. The number of ether oxygens (including phenoxy) is 4. The van der Waals surface area contributed by atoms with Crippen LogP contribution in [0.4, 0.5) is 0 Å². The number of carbonyl (C=O) groups is 1. The summed E-state index contributed by atoms with van der Waals surface area (Å²) in [4.78, 5) is 15.3. The number of carboxylic acids is 1. The zero-order valence-corrected chi connectivity index (χ0v) is 12.6. The van der Waals surface area contributed by atoms with E-state index in [0.29, 0.717) is 23.1 Å². The van der Waals surface area contributed by atoms with Crippen LogP contribution in [0, 0.1) is 0 Å². The van der Waals surface area contributed by atoms with Crippen molar-refractivity contribution in [2.45, 2.75) is 6.10 Å². The van der Waals surface area contributed by atoms with Crippen molar-refractivity contribution in [3.63, 3.8) is 0 Å². The maximum Gasteiger partial charge on any atom is 0.335 e. The largest absolute Gasteiger partial charge is 0.493 e. The first-order valence-electron chi connectivity index (χ1n) is 6.87. The van der Waals surface area contributed by atoms with Crippen LogP contribution in [-0.2, 0) is 0 Å². The van der Waals surface area contributed by atoms with Gasteiger partial charge in [0.15, 0.2) is 17.6 Å². The Bertz CT molecular complexity index is 711. The second-order valence-electron chi connectivity index (χ2n) is 4.86. The number of benzene rings is 1. The lowest BCUT2D eigenvalue weighted by Crippen LogP contribution is -2.22. The van der Waals surface area contributed by atoms with Crippen LogP contribution in [0.25, 0.3) is 0 Å². The number of fused-ring (bicyclic) bond motifs is 1. The van der Waals surface area contributed by atoms with E-state index in [9.17, 15) is 4.79 Å². The molecule has 1 atom stereocenters. The van der Waals surface area contributed by atoms with Gasteiger partial charge < -0.3 is 24.1 Å². The van der Waals surface area contributed by atoms with Crippen LogP contribution in [0.1, 0.15) is 22.0 Å². The molecule has 3 rings (SSSR count). The lowest BCUT2D eigenvalue weighted by Gasteiger charge is -2.28. The predicted molar refractivity (Wildman–Crippen MR) is 79.6 cm³/mol. The van der Waals surface area contributed by atoms with Crippen LogP contribution in [0.5, 0.6) is 23.1 Å². The second kappa shape index (κ2) is 6.04. The van der Waals surface area contributed by atoms with Crippen molar-refractivity contribution < 1.29 is 28.8 Å². The molecule has 0 saturated carbocycles. The van der Waals surface area contributed by atoms with E-state index in [1.54, 1.807) is 19.4 Å². The van der Waals surface area contributed by atoms with Gasteiger partial charge in [-0.25, -0.2) is 9.78 Å². The first kappa shape index (κ1) is 15.0. The molecule has 2 heterocycles. The van der Waals surface area contributed by atoms with Crippen LogP contribution >= 0.6 is 0 Å². The molecule has 0 saturated heterocycles. The molecular formula is C16H15NO6. The Morgan fingerprint density at radius 1 is 1.30 bits per heavy atom. The normalized spacial score (nSPS) is 15.8. The summed E-state index contributed by atoms with van der Waals surface area (Å²) in [5.41, 5.74) is 0.898. The summed E-state index contributed by atoms with van der Waals surface area (Å²) in [5, 5.41) is 9.11. The number of aromatic nitrogens is 1. The summed E-state index contributed by atoms with van der Waals surface area (Å²) in [6.07, 6.45) is 1.28. The molecule has 2 aromatic rings. The zero-order valence-electron chi connectivity index (χ0n) is 12.6. The molecule has 0 radical (unpaired) electrons. The predicted octanol–water partition coefficient (Wildman–Crippen LogP) is 2.31. The van der Waals surface area contributed by atoms with Gasteiger partial charge in [-0.05, 0) is 18.2 Å². The molecular weight excluding hydrogens is 302 g/mol. The van der Waals surface area contributed by atoms with E-state index in [4.69, 9.17) is 24.1 Å². The van der Waals surface area contributed by atoms with Crippen molar-refractivity contribution in [1.29, 1.82) is 0 Å². The lowest BCUT2D eigenvalue weighted by atomic mass is 10.1. The summed E-state index contributed by atoms with van der Waals surface area (Å²) in [6, 6.07) is 6.39. The molecule has 1 aliphatic heterocycles. The zero-order chi connectivity index (χ0) is 16.4. The average molecular weight is 317 g/mol. The van der Waals surface area contributed by atoms with Crippen LogP contribution in [-0.4, -0.2) is 36.9 Å². The fraction of sp³-hybridized carbons (Fsp3) is 0.250. The summed E-state index contributed by atoms with van der Waals surface area (Å²) < 4.78 is 21.8. The fourth-order valence-corrected chi connectivity index (χ4v) is 2.28. The van der Waals surface area contributed by atoms with Crippen molar-refractivity contribution in [3.05, 3.63) is 41.6 Å². The second-order valence-corrected chi connectivity index (χ2v) is 4.86. The maximum absolute atomic E-state index is 11.1. The molecule has 0 fully saturated rings. The average Bonchev–Trinajstić information content (AvgIpc) is 2.60. The minimum absolute atomic E-state index is 0.0776. The molecule has 1 aliphatic rings. The first-order chi connectivity index (χ1) is 11.1. The van der Waals surface area contributed by atoms with Gasteiger partial charge in [-0.1, -0.05) is 0 Å². The van der Waals surface area contributed by atoms with Crippen LogP contribution < -0.4 is 18.9 Å². The van der Waals surface area contributed by atoms with Gasteiger partial charge in [-0.2, -0.15) is 0 Å². The number of methoxy groups -OCH3 is 2. The topological polar surface area (TPSA) is 87.1 Å². The third-order valence-corrected chi connectivity index (χ3v) is 3.48. The number of hydrogen-bond acceptors (Lipinski definition) is 6. The summed E-state index contributed by atoms with van der Waals surface area (Å²) in [5.74, 6) is 0.487. The molecule has 0 amide bonds. The summed E-state index contributed by atoms with van der Waals surface area (Å²) >= 11 is 0. The van der Waals surface area contributed by atoms with E-state index in [2.05, 4.69) is 4.98 Å². The number of rotatable bonds is 4. The number of carboxylic acid groups (broad SMARTS) is 1. The van der Waals surface area contributed by atoms with Crippen molar-refractivity contribution in [2.24, 2.45) is 0 Å². The SMILES string of the molecule is COc1ccc(C2COc3cc(C(=O)O)cc(OC)c3O2)cn1. The van der Waals surface area contributed by atoms with Crippen molar-refractivity contribution in [2.75, 3.05) is 20.8 Å². The smallest absolute Gasteiger partial charge is 0.335 e. The van der Waals surface area contributed by atoms with Gasteiger partial charge in [0.2, 0.25) is 11.6 Å². The fourth-order valence-electron chi connectivity index (χ4n) is 2.28. The van der Waals surface area contributed by atoms with Gasteiger partial charge in [-0.15, -0.1) is 0 Å². The van der Waals surface area contributed by atoms with E-state index in [-0.39, 0.29) is 18.3 Å². The van der Waals surface area contributed by atoms with Gasteiger partial charge in [0.1, 0.15) is 6.61 Å². The Morgan fingerprint density at radius 2 is 2.13 bits per heavy atom. The van der Waals surface area contributed by atoms with Gasteiger partial charge >= 0.3 is 5.97 Å². The Kier molecular flexibility index (Phi) is 3.92. The molecule has 1 aromatic heterocycles. The number of nitrogens with zero attached hydrogens (tertiary/aromatic N) is 1. The number of aromatic carboxylic acids is 1. The van der Waals surface area contributed by atoms with E-state index < -0.39 is 5.97 Å². The third kappa shape index (κ3) is 2.85. The maximum atomic E-state index is 11.1. The van der Waals surface area contributed by atoms with E-state index >= 15 is 0 Å². The first-order valence-corrected chi connectivity index (χ1v) is 6.87. The molecule has 1 unspecified atom stereocenters. The quantitative estimate of drug-likeness (QED) is 0.925. The Labute approximate surface area is 132 Å². The highest BCUT2D eigenvalue weighted by Gasteiger charge is 2.27. The monoisotopic (exact) mass is 317 g/mol. The van der Waals surface area contributed by atoms with Crippen molar-refractivity contribution >= 4 is 5.97 Å². The molecule has 120 valence electrons. The molecule has 0 spiro atoms. The number of hydrogen-bond donors (Lipinski definition) is 1. The van der Waals surface area contributed by atoms with E-state index in [1.165, 1.54) is 19.2 Å². The molecule has 0 aliphatic carbocycles. The Balaban J connectivity index is 1.91. The van der Waals surface area contributed by atoms with Crippen molar-refractivity contribution in [3.8, 4) is 23.1 Å². The minimum Gasteiger partial charge on any atom is -0.493 e. The molecule has 1 N–H and O–H groups in total. The minimum atomic E-state index is -1.06. The van der Waals surface area contributed by atoms with Crippen LogP contribution in [0.15, 0.2) is 30.5 Å². The third-order valence-electron chi connectivity index (χ3n) is 3.48. The van der Waals surface area contributed by atoms with Crippen LogP contribution in [0.3, 0.4) is 0 Å². The lowest BCUT2D eigenvalue weighted by molar-refractivity contribution is 0.0689. The Morgan fingerprint density at radius 3 is 2.74 bits per heavy atom. The Hall–Kier alpha value is -2.96.